The SMILES string of the molecule is CCOc1ccc(C(=O)N2CCC(NC(=O)CCC3CCNC3)CC2)cc1. The molecule has 6 heteroatoms. The van der Waals surface area contributed by atoms with E-state index in [0.717, 1.165) is 38.1 Å². The number of ether oxygens (including phenoxy) is 1. The first-order chi connectivity index (χ1) is 13.2. The summed E-state index contributed by atoms with van der Waals surface area (Å²) in [6.07, 6.45) is 4.39. The van der Waals surface area contributed by atoms with Gasteiger partial charge in [0.05, 0.1) is 6.61 Å². The van der Waals surface area contributed by atoms with Gasteiger partial charge in [-0.1, -0.05) is 0 Å². The van der Waals surface area contributed by atoms with Gasteiger partial charge in [0, 0.05) is 31.1 Å². The number of benzene rings is 1. The van der Waals surface area contributed by atoms with Gasteiger partial charge in [-0.2, -0.15) is 0 Å². The largest absolute Gasteiger partial charge is 0.494 e. The van der Waals surface area contributed by atoms with Crippen molar-refractivity contribution in [3.05, 3.63) is 29.8 Å². The van der Waals surface area contributed by atoms with Gasteiger partial charge in [0.2, 0.25) is 5.91 Å². The minimum Gasteiger partial charge on any atom is -0.494 e. The summed E-state index contributed by atoms with van der Waals surface area (Å²) in [5, 5.41) is 6.49. The smallest absolute Gasteiger partial charge is 0.253 e. The Bertz CT molecular complexity index is 618. The van der Waals surface area contributed by atoms with Crippen molar-refractivity contribution in [2.75, 3.05) is 32.8 Å². The van der Waals surface area contributed by atoms with E-state index in [1.54, 1.807) is 0 Å². The van der Waals surface area contributed by atoms with E-state index in [9.17, 15) is 9.59 Å². The first-order valence-corrected chi connectivity index (χ1v) is 10.2. The first-order valence-electron chi connectivity index (χ1n) is 10.2. The Labute approximate surface area is 161 Å². The number of likely N-dealkylation sites (tertiary alicyclic amines) is 1. The Balaban J connectivity index is 1.39. The predicted molar refractivity (Wildman–Crippen MR) is 105 cm³/mol. The lowest BCUT2D eigenvalue weighted by molar-refractivity contribution is -0.122. The van der Waals surface area contributed by atoms with Crippen molar-refractivity contribution >= 4 is 11.8 Å². The highest BCUT2D eigenvalue weighted by Gasteiger charge is 2.25. The average Bonchev–Trinajstić information content (AvgIpc) is 3.21. The van der Waals surface area contributed by atoms with Crippen LogP contribution in [0.5, 0.6) is 5.75 Å². The molecule has 0 spiro atoms. The fourth-order valence-corrected chi connectivity index (χ4v) is 3.87. The molecule has 1 atom stereocenters. The van der Waals surface area contributed by atoms with Gasteiger partial charge in [-0.25, -0.2) is 0 Å². The van der Waals surface area contributed by atoms with Crippen LogP contribution < -0.4 is 15.4 Å². The van der Waals surface area contributed by atoms with Crippen LogP contribution in [0.2, 0.25) is 0 Å². The van der Waals surface area contributed by atoms with Crippen LogP contribution in [0, 0.1) is 5.92 Å². The fourth-order valence-electron chi connectivity index (χ4n) is 3.87. The molecule has 2 N–H and O–H groups in total. The second kappa shape index (κ2) is 9.74. The highest BCUT2D eigenvalue weighted by atomic mass is 16.5. The number of rotatable bonds is 7. The van der Waals surface area contributed by atoms with E-state index in [4.69, 9.17) is 4.74 Å². The van der Waals surface area contributed by atoms with Crippen molar-refractivity contribution in [3.63, 3.8) is 0 Å². The zero-order valence-corrected chi connectivity index (χ0v) is 16.2. The second-order valence-corrected chi connectivity index (χ2v) is 7.49. The lowest BCUT2D eigenvalue weighted by atomic mass is 10.0. The van der Waals surface area contributed by atoms with Crippen LogP contribution in [0.4, 0.5) is 0 Å². The molecular weight excluding hydrogens is 342 g/mol. The van der Waals surface area contributed by atoms with Gasteiger partial charge in [0.15, 0.2) is 0 Å². The standard InChI is InChI=1S/C21H31N3O3/c1-2-27-19-6-4-17(5-7-19)21(26)24-13-10-18(11-14-24)23-20(25)8-3-16-9-12-22-15-16/h4-7,16,18,22H,2-3,8-15H2,1H3,(H,23,25). The van der Waals surface area contributed by atoms with Gasteiger partial charge in [-0.15, -0.1) is 0 Å². The molecule has 0 saturated carbocycles. The summed E-state index contributed by atoms with van der Waals surface area (Å²) in [6, 6.07) is 7.49. The van der Waals surface area contributed by atoms with Crippen LogP contribution >= 0.6 is 0 Å². The minimum atomic E-state index is 0.0524. The molecule has 1 unspecified atom stereocenters. The second-order valence-electron chi connectivity index (χ2n) is 7.49. The molecule has 2 aliphatic heterocycles. The number of nitrogens with zero attached hydrogens (tertiary/aromatic N) is 1. The first kappa shape index (κ1) is 19.7. The molecular formula is C21H31N3O3. The summed E-state index contributed by atoms with van der Waals surface area (Å²) in [5.41, 5.74) is 0.686. The third-order valence-electron chi connectivity index (χ3n) is 5.50. The maximum Gasteiger partial charge on any atom is 0.253 e. The number of piperidine rings is 1. The third-order valence-corrected chi connectivity index (χ3v) is 5.50. The van der Waals surface area contributed by atoms with Crippen molar-refractivity contribution in [3.8, 4) is 5.75 Å². The Hall–Kier alpha value is -2.08. The van der Waals surface area contributed by atoms with E-state index >= 15 is 0 Å². The molecule has 2 heterocycles. The number of hydrogen-bond donors (Lipinski definition) is 2. The van der Waals surface area contributed by atoms with Crippen molar-refractivity contribution in [1.29, 1.82) is 0 Å². The number of carbonyl (C=O) groups is 2. The number of amides is 2. The highest BCUT2D eigenvalue weighted by Crippen LogP contribution is 2.18. The molecule has 2 fully saturated rings. The quantitative estimate of drug-likeness (QED) is 0.769. The topological polar surface area (TPSA) is 70.7 Å². The van der Waals surface area contributed by atoms with E-state index in [1.807, 2.05) is 36.1 Å². The third kappa shape index (κ3) is 5.70. The molecule has 6 nitrogen and oxygen atoms in total. The van der Waals surface area contributed by atoms with Gasteiger partial charge in [-0.05, 0) is 75.9 Å². The lowest BCUT2D eigenvalue weighted by Gasteiger charge is -2.32. The molecule has 27 heavy (non-hydrogen) atoms. The fraction of sp³-hybridized carbons (Fsp3) is 0.619. The zero-order valence-electron chi connectivity index (χ0n) is 16.2. The molecule has 1 aromatic rings. The summed E-state index contributed by atoms with van der Waals surface area (Å²) >= 11 is 0. The van der Waals surface area contributed by atoms with E-state index in [-0.39, 0.29) is 17.9 Å². The normalized spacial score (nSPS) is 20.5. The minimum absolute atomic E-state index is 0.0524. The number of carbonyl (C=O) groups excluding carboxylic acids is 2. The maximum absolute atomic E-state index is 12.6. The molecule has 0 bridgehead atoms. The number of hydrogen-bond acceptors (Lipinski definition) is 4. The van der Waals surface area contributed by atoms with Gasteiger partial charge < -0.3 is 20.3 Å². The van der Waals surface area contributed by atoms with Crippen LogP contribution in [0.15, 0.2) is 24.3 Å². The monoisotopic (exact) mass is 373 g/mol. The summed E-state index contributed by atoms with van der Waals surface area (Å²) in [7, 11) is 0. The van der Waals surface area contributed by atoms with Crippen LogP contribution in [-0.2, 0) is 4.79 Å². The van der Waals surface area contributed by atoms with E-state index in [1.165, 1.54) is 6.42 Å². The van der Waals surface area contributed by atoms with Crippen molar-refractivity contribution in [1.82, 2.24) is 15.5 Å². The van der Waals surface area contributed by atoms with E-state index < -0.39 is 0 Å². The lowest BCUT2D eigenvalue weighted by Crippen LogP contribution is -2.46. The van der Waals surface area contributed by atoms with Crippen LogP contribution in [-0.4, -0.2) is 55.5 Å². The maximum atomic E-state index is 12.6. The molecule has 2 amide bonds. The van der Waals surface area contributed by atoms with Crippen LogP contribution in [0.1, 0.15) is 49.4 Å². The van der Waals surface area contributed by atoms with Crippen molar-refractivity contribution in [2.45, 2.75) is 45.1 Å². The van der Waals surface area contributed by atoms with Crippen LogP contribution in [0.3, 0.4) is 0 Å². The van der Waals surface area contributed by atoms with Gasteiger partial charge in [0.25, 0.3) is 5.91 Å². The average molecular weight is 373 g/mol. The molecule has 0 radical (unpaired) electrons. The van der Waals surface area contributed by atoms with E-state index in [2.05, 4.69) is 10.6 Å². The number of nitrogens with one attached hydrogen (secondary N) is 2. The zero-order chi connectivity index (χ0) is 19.1. The predicted octanol–water partition coefficient (Wildman–Crippen LogP) is 2.20. The molecule has 0 aromatic heterocycles. The summed E-state index contributed by atoms with van der Waals surface area (Å²) in [5.74, 6) is 1.63. The molecule has 3 rings (SSSR count). The Morgan fingerprint density at radius 1 is 1.19 bits per heavy atom. The Kier molecular flexibility index (Phi) is 7.10. The van der Waals surface area contributed by atoms with Crippen molar-refractivity contribution < 1.29 is 14.3 Å². The van der Waals surface area contributed by atoms with E-state index in [0.29, 0.717) is 37.6 Å². The Morgan fingerprint density at radius 3 is 2.56 bits per heavy atom. The molecule has 2 aliphatic rings. The molecule has 0 aliphatic carbocycles. The van der Waals surface area contributed by atoms with Crippen LogP contribution in [0.25, 0.3) is 0 Å². The molecule has 148 valence electrons. The molecule has 1 aromatic carbocycles. The van der Waals surface area contributed by atoms with Gasteiger partial charge >= 0.3 is 0 Å². The Morgan fingerprint density at radius 2 is 1.93 bits per heavy atom. The van der Waals surface area contributed by atoms with Gasteiger partial charge in [-0.3, -0.25) is 9.59 Å². The summed E-state index contributed by atoms with van der Waals surface area (Å²) < 4.78 is 5.42. The molecule has 2 saturated heterocycles. The summed E-state index contributed by atoms with van der Waals surface area (Å²) in [6.45, 7) is 6.04. The van der Waals surface area contributed by atoms with Gasteiger partial charge in [0.1, 0.15) is 5.75 Å². The highest BCUT2D eigenvalue weighted by molar-refractivity contribution is 5.94. The summed E-state index contributed by atoms with van der Waals surface area (Å²) in [4.78, 5) is 26.7. The van der Waals surface area contributed by atoms with Crippen molar-refractivity contribution in [2.24, 2.45) is 5.92 Å².